The van der Waals surface area contributed by atoms with Crippen LogP contribution in [0.5, 0.6) is 5.88 Å². The Morgan fingerprint density at radius 3 is 2.58 bits per heavy atom. The molecular weight excluding hydrogens is 434 g/mol. The van der Waals surface area contributed by atoms with E-state index in [4.69, 9.17) is 4.99 Å². The number of hydrogen-bond acceptors (Lipinski definition) is 5. The van der Waals surface area contributed by atoms with Crippen LogP contribution in [0.3, 0.4) is 0 Å². The fourth-order valence-corrected chi connectivity index (χ4v) is 5.23. The summed E-state index contributed by atoms with van der Waals surface area (Å²) in [4.78, 5) is 33.4. The van der Waals surface area contributed by atoms with Gasteiger partial charge in [-0.1, -0.05) is 63.6 Å². The van der Waals surface area contributed by atoms with Crippen molar-refractivity contribution in [3.05, 3.63) is 86.1 Å². The number of aromatic hydroxyl groups is 1. The molecule has 0 fully saturated rings. The summed E-state index contributed by atoms with van der Waals surface area (Å²) in [6, 6.07) is 16.4. The van der Waals surface area contributed by atoms with Gasteiger partial charge in [-0.15, -0.1) is 11.8 Å². The minimum atomic E-state index is -0.609. The van der Waals surface area contributed by atoms with Gasteiger partial charge in [0.1, 0.15) is 5.56 Å². The van der Waals surface area contributed by atoms with Gasteiger partial charge in [-0.25, -0.2) is 4.79 Å². The minimum Gasteiger partial charge on any atom is -0.494 e. The molecule has 4 rings (SSSR count). The van der Waals surface area contributed by atoms with Crippen molar-refractivity contribution in [3.8, 4) is 5.88 Å². The average Bonchev–Trinajstić information content (AvgIpc) is 2.98. The van der Waals surface area contributed by atoms with Crippen LogP contribution in [0.2, 0.25) is 0 Å². The second kappa shape index (κ2) is 9.83. The second-order valence-corrected chi connectivity index (χ2v) is 9.87. The molecule has 0 spiro atoms. The molecule has 2 N–H and O–H groups in total. The molecule has 1 aromatic heterocycles. The van der Waals surface area contributed by atoms with Crippen molar-refractivity contribution in [2.45, 2.75) is 62.6 Å². The molecule has 6 nitrogen and oxygen atoms in total. The number of H-pyrrole nitrogens is 1. The minimum absolute atomic E-state index is 0.00318. The normalized spacial score (nSPS) is 15.8. The van der Waals surface area contributed by atoms with Gasteiger partial charge in [0, 0.05) is 23.1 Å². The maximum atomic E-state index is 12.9. The largest absolute Gasteiger partial charge is 0.494 e. The zero-order valence-electron chi connectivity index (χ0n) is 19.2. The topological polar surface area (TPSA) is 87.4 Å². The van der Waals surface area contributed by atoms with Gasteiger partial charge in [0.25, 0.3) is 5.56 Å². The summed E-state index contributed by atoms with van der Waals surface area (Å²) < 4.78 is 1.24. The summed E-state index contributed by atoms with van der Waals surface area (Å²) in [6.07, 6.45) is 2.03. The SMILES string of the molecule is CCCCn1c(O)c(C2=Nc3ccccc3S[C@H](c3ccc(C(C)C)cc3)C2)c(=O)[nH]c1=O. The number of aliphatic imine (C=N–C) groups is 1. The highest BCUT2D eigenvalue weighted by atomic mass is 32.2. The van der Waals surface area contributed by atoms with E-state index >= 15 is 0 Å². The van der Waals surface area contributed by atoms with Gasteiger partial charge < -0.3 is 5.11 Å². The van der Waals surface area contributed by atoms with Crippen molar-refractivity contribution >= 4 is 23.2 Å². The number of rotatable bonds is 6. The van der Waals surface area contributed by atoms with Crippen LogP contribution in [0.25, 0.3) is 0 Å². The summed E-state index contributed by atoms with van der Waals surface area (Å²) in [5.74, 6) is 0.132. The maximum absolute atomic E-state index is 12.9. The Kier molecular flexibility index (Phi) is 6.88. The van der Waals surface area contributed by atoms with Crippen molar-refractivity contribution in [3.63, 3.8) is 0 Å². The lowest BCUT2D eigenvalue weighted by molar-refractivity contribution is 0.394. The van der Waals surface area contributed by atoms with Crippen molar-refractivity contribution in [2.75, 3.05) is 0 Å². The Bertz CT molecular complexity index is 1290. The highest BCUT2D eigenvalue weighted by Gasteiger charge is 2.27. The number of thioether (sulfide) groups is 1. The summed E-state index contributed by atoms with van der Waals surface area (Å²) in [5, 5.41) is 11.0. The van der Waals surface area contributed by atoms with Crippen molar-refractivity contribution in [2.24, 2.45) is 4.99 Å². The predicted octanol–water partition coefficient (Wildman–Crippen LogP) is 5.52. The van der Waals surface area contributed by atoms with Crippen molar-refractivity contribution < 1.29 is 5.11 Å². The molecule has 0 saturated carbocycles. The predicted molar refractivity (Wildman–Crippen MR) is 134 cm³/mol. The number of fused-ring (bicyclic) bond motifs is 1. The van der Waals surface area contributed by atoms with Crippen LogP contribution in [0, 0.1) is 0 Å². The van der Waals surface area contributed by atoms with E-state index in [9.17, 15) is 14.7 Å². The lowest BCUT2D eigenvalue weighted by atomic mass is 9.98. The van der Waals surface area contributed by atoms with Crippen LogP contribution >= 0.6 is 11.8 Å². The first-order valence-corrected chi connectivity index (χ1v) is 12.3. The van der Waals surface area contributed by atoms with Crippen LogP contribution in [0.4, 0.5) is 5.69 Å². The third kappa shape index (κ3) is 4.83. The second-order valence-electron chi connectivity index (χ2n) is 8.62. The van der Waals surface area contributed by atoms with Crippen molar-refractivity contribution in [1.82, 2.24) is 9.55 Å². The molecule has 0 amide bonds. The monoisotopic (exact) mass is 463 g/mol. The van der Waals surface area contributed by atoms with Gasteiger partial charge >= 0.3 is 5.69 Å². The molecule has 172 valence electrons. The summed E-state index contributed by atoms with van der Waals surface area (Å²) in [5.41, 5.74) is 2.50. The van der Waals surface area contributed by atoms with Gasteiger partial charge in [0.2, 0.25) is 5.88 Å². The molecule has 33 heavy (non-hydrogen) atoms. The van der Waals surface area contributed by atoms with Gasteiger partial charge in [-0.3, -0.25) is 19.3 Å². The smallest absolute Gasteiger partial charge is 0.331 e. The summed E-state index contributed by atoms with van der Waals surface area (Å²) >= 11 is 1.70. The van der Waals surface area contributed by atoms with Crippen molar-refractivity contribution in [1.29, 1.82) is 0 Å². The molecule has 3 aromatic rings. The first-order valence-electron chi connectivity index (χ1n) is 11.4. The molecule has 0 bridgehead atoms. The average molecular weight is 464 g/mol. The van der Waals surface area contributed by atoms with Crippen LogP contribution in [0.15, 0.2) is 68.0 Å². The molecule has 2 aromatic carbocycles. The number of aromatic nitrogens is 2. The van der Waals surface area contributed by atoms with Gasteiger partial charge in [-0.05, 0) is 35.6 Å². The molecule has 2 heterocycles. The number of para-hydroxylation sites is 1. The third-order valence-corrected chi connectivity index (χ3v) is 7.26. The number of nitrogens with one attached hydrogen (secondary N) is 1. The summed E-state index contributed by atoms with van der Waals surface area (Å²) in [7, 11) is 0. The molecule has 1 aliphatic rings. The van der Waals surface area contributed by atoms with E-state index in [1.54, 1.807) is 11.8 Å². The molecular formula is C26H29N3O3S. The van der Waals surface area contributed by atoms with E-state index in [0.717, 1.165) is 29.0 Å². The Labute approximate surface area is 197 Å². The van der Waals surface area contributed by atoms with E-state index in [-0.39, 0.29) is 16.7 Å². The Morgan fingerprint density at radius 2 is 1.88 bits per heavy atom. The maximum Gasteiger partial charge on any atom is 0.331 e. The van der Waals surface area contributed by atoms with Gasteiger partial charge in [0.15, 0.2) is 0 Å². The first-order chi connectivity index (χ1) is 15.9. The van der Waals surface area contributed by atoms with E-state index in [1.165, 1.54) is 10.1 Å². The van der Waals surface area contributed by atoms with Crippen LogP contribution in [0.1, 0.15) is 67.9 Å². The van der Waals surface area contributed by atoms with Gasteiger partial charge in [0.05, 0.1) is 11.4 Å². The number of aromatic amines is 1. The number of hydrogen-bond donors (Lipinski definition) is 2. The molecule has 0 radical (unpaired) electrons. The molecule has 0 saturated heterocycles. The lowest BCUT2D eigenvalue weighted by Gasteiger charge is -2.18. The van der Waals surface area contributed by atoms with E-state index < -0.39 is 11.2 Å². The standard InChI is InChI=1S/C26H29N3O3S/c1-4-5-14-29-25(31)23(24(30)28-26(29)32)20-15-22(18-12-10-17(11-13-18)16(2)3)33-21-9-7-6-8-19(21)27-20/h6-13,16,22,31H,4-5,14-15H2,1-3H3,(H,28,30,32)/t22-/m0/s1. The van der Waals surface area contributed by atoms with E-state index in [1.807, 2.05) is 31.2 Å². The van der Waals surface area contributed by atoms with E-state index in [2.05, 4.69) is 43.1 Å². The Balaban J connectivity index is 1.83. The Morgan fingerprint density at radius 1 is 1.15 bits per heavy atom. The number of unbranched alkanes of at least 4 members (excludes halogenated alkanes) is 1. The molecule has 7 heteroatoms. The highest BCUT2D eigenvalue weighted by Crippen LogP contribution is 2.45. The quantitative estimate of drug-likeness (QED) is 0.504. The molecule has 1 atom stereocenters. The first kappa shape index (κ1) is 23.1. The third-order valence-electron chi connectivity index (χ3n) is 5.94. The number of nitrogens with zero attached hydrogens (tertiary/aromatic N) is 2. The molecule has 1 aliphatic heterocycles. The fraction of sp³-hybridized carbons (Fsp3) is 0.346. The Hall–Kier alpha value is -3.06. The zero-order valence-corrected chi connectivity index (χ0v) is 20.0. The van der Waals surface area contributed by atoms with Crippen LogP contribution in [-0.2, 0) is 6.54 Å². The van der Waals surface area contributed by atoms with Gasteiger partial charge in [-0.2, -0.15) is 0 Å². The zero-order chi connectivity index (χ0) is 23.5. The van der Waals surface area contributed by atoms with Crippen LogP contribution in [-0.4, -0.2) is 20.4 Å². The fourth-order valence-electron chi connectivity index (χ4n) is 3.99. The number of benzene rings is 2. The molecule has 0 unspecified atom stereocenters. The highest BCUT2D eigenvalue weighted by molar-refractivity contribution is 7.99. The lowest BCUT2D eigenvalue weighted by Crippen LogP contribution is -2.34. The summed E-state index contributed by atoms with van der Waals surface area (Å²) in [6.45, 7) is 6.68. The van der Waals surface area contributed by atoms with E-state index in [0.29, 0.717) is 24.6 Å². The molecule has 0 aliphatic carbocycles. The van der Waals surface area contributed by atoms with Crippen LogP contribution < -0.4 is 11.2 Å².